The van der Waals surface area contributed by atoms with Crippen LogP contribution in [-0.2, 0) is 6.42 Å². The molecule has 0 unspecified atom stereocenters. The van der Waals surface area contributed by atoms with Crippen LogP contribution in [0, 0.1) is 0 Å². The number of allylic oxidation sites excluding steroid dienone is 1. The number of carboxylic acids is 1. The first-order valence-electron chi connectivity index (χ1n) is 7.53. The van der Waals surface area contributed by atoms with E-state index in [0.717, 1.165) is 17.6 Å². The fourth-order valence-corrected chi connectivity index (χ4v) is 2.97. The minimum absolute atomic E-state index is 0.0653. The van der Waals surface area contributed by atoms with E-state index < -0.39 is 5.97 Å². The Kier molecular flexibility index (Phi) is 3.23. The van der Waals surface area contributed by atoms with Crippen LogP contribution in [-0.4, -0.2) is 25.4 Å². The van der Waals surface area contributed by atoms with E-state index in [-0.39, 0.29) is 11.1 Å². The van der Waals surface area contributed by atoms with Crippen molar-refractivity contribution >= 4 is 23.3 Å². The van der Waals surface area contributed by atoms with Crippen LogP contribution in [0.1, 0.15) is 33.6 Å². The van der Waals surface area contributed by atoms with Crippen molar-refractivity contribution in [1.82, 2.24) is 14.4 Å². The molecule has 3 aromatic heterocycles. The van der Waals surface area contributed by atoms with E-state index >= 15 is 0 Å². The average molecular weight is 319 g/mol. The molecular formula is C18H13N3O3. The molecule has 3 aromatic rings. The second-order valence-electron chi connectivity index (χ2n) is 5.65. The van der Waals surface area contributed by atoms with Crippen molar-refractivity contribution < 1.29 is 9.90 Å². The monoisotopic (exact) mass is 319 g/mol. The van der Waals surface area contributed by atoms with Crippen LogP contribution in [0.5, 0.6) is 0 Å². The summed E-state index contributed by atoms with van der Waals surface area (Å²) < 4.78 is 1.31. The highest BCUT2D eigenvalue weighted by Crippen LogP contribution is 2.30. The first-order chi connectivity index (χ1) is 11.6. The molecule has 0 fully saturated rings. The molecule has 6 nitrogen and oxygen atoms in total. The lowest BCUT2D eigenvalue weighted by Gasteiger charge is -2.06. The maximum atomic E-state index is 12.7. The highest BCUT2D eigenvalue weighted by atomic mass is 16.4. The highest BCUT2D eigenvalue weighted by Gasteiger charge is 2.23. The van der Waals surface area contributed by atoms with Crippen molar-refractivity contribution in [3.63, 3.8) is 0 Å². The minimum atomic E-state index is -1.07. The van der Waals surface area contributed by atoms with Gasteiger partial charge in [-0.1, -0.05) is 6.07 Å². The number of carboxylic acid groups (broad SMARTS) is 1. The van der Waals surface area contributed by atoms with Crippen LogP contribution in [0.15, 0.2) is 47.7 Å². The quantitative estimate of drug-likeness (QED) is 0.783. The van der Waals surface area contributed by atoms with Gasteiger partial charge in [0.05, 0.1) is 11.3 Å². The molecule has 24 heavy (non-hydrogen) atoms. The van der Waals surface area contributed by atoms with E-state index in [9.17, 15) is 9.59 Å². The molecule has 0 aliphatic heterocycles. The molecule has 0 saturated heterocycles. The third-order valence-electron chi connectivity index (χ3n) is 4.14. The van der Waals surface area contributed by atoms with E-state index in [4.69, 9.17) is 5.11 Å². The predicted molar refractivity (Wildman–Crippen MR) is 88.9 cm³/mol. The van der Waals surface area contributed by atoms with Crippen molar-refractivity contribution in [2.45, 2.75) is 12.8 Å². The van der Waals surface area contributed by atoms with Crippen LogP contribution < -0.4 is 5.56 Å². The standard InChI is InChI=1S/C18H13N3O3/c22-17-14-5-3-12(8-11-2-1-7-19-9-11)16(14)20-15-6-4-13(18(23)24)10-21(15)17/h1-2,4,6-10H,3,5H2,(H,23,24). The summed E-state index contributed by atoms with van der Waals surface area (Å²) in [7, 11) is 0. The van der Waals surface area contributed by atoms with E-state index in [2.05, 4.69) is 9.97 Å². The summed E-state index contributed by atoms with van der Waals surface area (Å²) in [5, 5.41) is 9.08. The number of aromatic carboxylic acids is 1. The number of hydrogen-bond donors (Lipinski definition) is 1. The third-order valence-corrected chi connectivity index (χ3v) is 4.14. The van der Waals surface area contributed by atoms with Crippen molar-refractivity contribution in [3.8, 4) is 0 Å². The lowest BCUT2D eigenvalue weighted by Crippen LogP contribution is -2.20. The van der Waals surface area contributed by atoms with E-state index in [0.29, 0.717) is 23.3 Å². The number of carbonyl (C=O) groups is 1. The second-order valence-corrected chi connectivity index (χ2v) is 5.65. The van der Waals surface area contributed by atoms with Gasteiger partial charge in [-0.15, -0.1) is 0 Å². The van der Waals surface area contributed by atoms with Crippen molar-refractivity contribution in [2.24, 2.45) is 0 Å². The molecular weight excluding hydrogens is 306 g/mol. The molecule has 0 amide bonds. The van der Waals surface area contributed by atoms with Gasteiger partial charge in [-0.3, -0.25) is 14.2 Å². The summed E-state index contributed by atoms with van der Waals surface area (Å²) in [6.07, 6.45) is 8.13. The van der Waals surface area contributed by atoms with Gasteiger partial charge >= 0.3 is 5.97 Å². The molecule has 1 aliphatic rings. The summed E-state index contributed by atoms with van der Waals surface area (Å²) in [5.74, 6) is -1.07. The molecule has 118 valence electrons. The zero-order valence-electron chi connectivity index (χ0n) is 12.6. The molecule has 0 saturated carbocycles. The topological polar surface area (TPSA) is 84.6 Å². The number of aromatic nitrogens is 3. The van der Waals surface area contributed by atoms with Crippen LogP contribution >= 0.6 is 0 Å². The Bertz CT molecular complexity index is 1050. The Morgan fingerprint density at radius 2 is 2.12 bits per heavy atom. The van der Waals surface area contributed by atoms with Gasteiger partial charge in [-0.2, -0.15) is 0 Å². The lowest BCUT2D eigenvalue weighted by molar-refractivity contribution is 0.0696. The van der Waals surface area contributed by atoms with Crippen LogP contribution in [0.2, 0.25) is 0 Å². The van der Waals surface area contributed by atoms with Crippen molar-refractivity contribution in [3.05, 3.63) is 75.6 Å². The van der Waals surface area contributed by atoms with Crippen molar-refractivity contribution in [1.29, 1.82) is 0 Å². The Balaban J connectivity index is 1.90. The van der Waals surface area contributed by atoms with Crippen LogP contribution in [0.3, 0.4) is 0 Å². The summed E-state index contributed by atoms with van der Waals surface area (Å²) in [6.45, 7) is 0. The van der Waals surface area contributed by atoms with E-state index in [1.54, 1.807) is 18.5 Å². The van der Waals surface area contributed by atoms with Gasteiger partial charge in [-0.25, -0.2) is 9.78 Å². The van der Waals surface area contributed by atoms with Gasteiger partial charge in [0.1, 0.15) is 5.65 Å². The fraction of sp³-hybridized carbons (Fsp3) is 0.111. The molecule has 1 aliphatic carbocycles. The largest absolute Gasteiger partial charge is 0.478 e. The summed E-state index contributed by atoms with van der Waals surface area (Å²) in [5.41, 5.74) is 3.60. The molecule has 1 N–H and O–H groups in total. The molecule has 0 radical (unpaired) electrons. The Morgan fingerprint density at radius 1 is 1.25 bits per heavy atom. The highest BCUT2D eigenvalue weighted by molar-refractivity contribution is 5.88. The van der Waals surface area contributed by atoms with Gasteiger partial charge in [-0.05, 0) is 48.3 Å². The van der Waals surface area contributed by atoms with Gasteiger partial charge < -0.3 is 5.11 Å². The predicted octanol–water partition coefficient (Wildman–Crippen LogP) is 2.27. The Morgan fingerprint density at radius 3 is 2.88 bits per heavy atom. The number of hydrogen-bond acceptors (Lipinski definition) is 4. The minimum Gasteiger partial charge on any atom is -0.478 e. The van der Waals surface area contributed by atoms with Crippen LogP contribution in [0.25, 0.3) is 17.3 Å². The third kappa shape index (κ3) is 2.28. The number of pyridine rings is 2. The van der Waals surface area contributed by atoms with E-state index in [1.165, 1.54) is 16.7 Å². The van der Waals surface area contributed by atoms with Gasteiger partial charge in [0.15, 0.2) is 0 Å². The summed E-state index contributed by atoms with van der Waals surface area (Å²) in [4.78, 5) is 32.4. The zero-order valence-corrected chi connectivity index (χ0v) is 12.6. The molecule has 0 bridgehead atoms. The van der Waals surface area contributed by atoms with E-state index in [1.807, 2.05) is 18.2 Å². The first kappa shape index (κ1) is 14.3. The average Bonchev–Trinajstić information content (AvgIpc) is 2.99. The number of nitrogens with zero attached hydrogens (tertiary/aromatic N) is 3. The molecule has 6 heteroatoms. The maximum Gasteiger partial charge on any atom is 0.337 e. The maximum absolute atomic E-state index is 12.7. The molecule has 4 rings (SSSR count). The number of rotatable bonds is 2. The lowest BCUT2D eigenvalue weighted by atomic mass is 10.1. The zero-order chi connectivity index (χ0) is 16.7. The van der Waals surface area contributed by atoms with Crippen molar-refractivity contribution in [2.75, 3.05) is 0 Å². The molecule has 0 aromatic carbocycles. The molecule has 0 spiro atoms. The van der Waals surface area contributed by atoms with Gasteiger partial charge in [0, 0.05) is 24.2 Å². The second kappa shape index (κ2) is 5.42. The normalized spacial score (nSPS) is 14.9. The van der Waals surface area contributed by atoms with Crippen LogP contribution in [0.4, 0.5) is 0 Å². The number of fused-ring (bicyclic) bond motifs is 2. The van der Waals surface area contributed by atoms with Gasteiger partial charge in [0.2, 0.25) is 0 Å². The Labute approximate surface area is 136 Å². The summed E-state index contributed by atoms with van der Waals surface area (Å²) >= 11 is 0. The smallest absolute Gasteiger partial charge is 0.337 e. The first-order valence-corrected chi connectivity index (χ1v) is 7.53. The van der Waals surface area contributed by atoms with Gasteiger partial charge in [0.25, 0.3) is 5.56 Å². The molecule has 3 heterocycles. The fourth-order valence-electron chi connectivity index (χ4n) is 2.97. The SMILES string of the molecule is O=C(O)c1ccc2nc3c(c(=O)n2c1)CCC3=Cc1cccnc1. The summed E-state index contributed by atoms with van der Waals surface area (Å²) in [6, 6.07) is 6.82. The molecule has 0 atom stereocenters. The Hall–Kier alpha value is -3.28.